The van der Waals surface area contributed by atoms with Crippen LogP contribution in [0, 0.1) is 11.2 Å². The molecule has 3 rings (SSSR count). The van der Waals surface area contributed by atoms with E-state index in [9.17, 15) is 4.39 Å². The van der Waals surface area contributed by atoms with Crippen LogP contribution < -0.4 is 5.32 Å². The molecule has 1 aromatic rings. The number of likely N-dealkylation sites (tertiary alicyclic amines) is 1. The van der Waals surface area contributed by atoms with Gasteiger partial charge in [0.05, 0.1) is 0 Å². The minimum Gasteiger partial charge on any atom is -0.316 e. The molecule has 0 radical (unpaired) electrons. The molecule has 1 unspecified atom stereocenters. The van der Waals surface area contributed by atoms with Crippen molar-refractivity contribution in [2.24, 2.45) is 5.41 Å². The number of nitrogens with one attached hydrogen (secondary N) is 1. The van der Waals surface area contributed by atoms with Crippen LogP contribution >= 0.6 is 12.4 Å². The Hall–Kier alpha value is -0.640. The summed E-state index contributed by atoms with van der Waals surface area (Å²) in [4.78, 5) is 2.44. The number of nitrogens with zero attached hydrogens (tertiary/aromatic N) is 1. The van der Waals surface area contributed by atoms with Gasteiger partial charge >= 0.3 is 0 Å². The van der Waals surface area contributed by atoms with Crippen LogP contribution in [0.15, 0.2) is 18.2 Å². The second-order valence-electron chi connectivity index (χ2n) is 6.12. The maximum atomic E-state index is 14.0. The molecule has 2 fully saturated rings. The summed E-state index contributed by atoms with van der Waals surface area (Å²) in [6, 6.07) is 5.48. The molecule has 0 bridgehead atoms. The third kappa shape index (κ3) is 3.00. The topological polar surface area (TPSA) is 15.3 Å². The molecule has 0 aromatic heterocycles. The molecular weight excluding hydrogens is 275 g/mol. The summed E-state index contributed by atoms with van der Waals surface area (Å²) >= 11 is 0. The maximum absolute atomic E-state index is 14.0. The zero-order chi connectivity index (χ0) is 13.3. The fourth-order valence-electron chi connectivity index (χ4n) is 3.64. The number of benzene rings is 1. The Balaban J connectivity index is 0.00000147. The third-order valence-corrected chi connectivity index (χ3v) is 4.83. The van der Waals surface area contributed by atoms with Crippen molar-refractivity contribution in [1.29, 1.82) is 0 Å². The molecule has 2 aliphatic heterocycles. The van der Waals surface area contributed by atoms with E-state index in [1.165, 1.54) is 12.8 Å². The molecule has 4 heteroatoms. The first kappa shape index (κ1) is 15.7. The second kappa shape index (κ2) is 6.42. The second-order valence-corrected chi connectivity index (χ2v) is 6.12. The Morgan fingerprint density at radius 3 is 2.90 bits per heavy atom. The van der Waals surface area contributed by atoms with Crippen LogP contribution in [0.25, 0.3) is 0 Å². The van der Waals surface area contributed by atoms with Crippen LogP contribution in [-0.4, -0.2) is 31.1 Å². The Bertz CT molecular complexity index is 458. The van der Waals surface area contributed by atoms with E-state index in [1.54, 1.807) is 6.07 Å². The molecular formula is C16H24ClFN2. The lowest BCUT2D eigenvalue weighted by Crippen LogP contribution is -2.29. The van der Waals surface area contributed by atoms with Gasteiger partial charge in [-0.2, -0.15) is 0 Å². The van der Waals surface area contributed by atoms with Crippen molar-refractivity contribution in [1.82, 2.24) is 10.2 Å². The van der Waals surface area contributed by atoms with E-state index in [2.05, 4.69) is 23.2 Å². The lowest BCUT2D eigenvalue weighted by atomic mass is 9.86. The quantitative estimate of drug-likeness (QED) is 0.923. The van der Waals surface area contributed by atoms with E-state index in [0.717, 1.165) is 50.3 Å². The zero-order valence-corrected chi connectivity index (χ0v) is 12.9. The summed E-state index contributed by atoms with van der Waals surface area (Å²) in [5.74, 6) is -0.0372. The third-order valence-electron chi connectivity index (χ3n) is 4.83. The SMILES string of the molecule is CCc1cccc(F)c1CN1CCC2(CCNC2)C1.Cl. The summed E-state index contributed by atoms with van der Waals surface area (Å²) in [5, 5.41) is 3.47. The molecule has 1 aromatic carbocycles. The largest absolute Gasteiger partial charge is 0.316 e. The van der Waals surface area contributed by atoms with Gasteiger partial charge < -0.3 is 5.32 Å². The maximum Gasteiger partial charge on any atom is 0.127 e. The molecule has 2 saturated heterocycles. The molecule has 2 aliphatic rings. The zero-order valence-electron chi connectivity index (χ0n) is 12.1. The number of rotatable bonds is 3. The molecule has 20 heavy (non-hydrogen) atoms. The highest BCUT2D eigenvalue weighted by molar-refractivity contribution is 5.85. The van der Waals surface area contributed by atoms with Gasteiger partial charge in [0, 0.05) is 25.2 Å². The lowest BCUT2D eigenvalue weighted by molar-refractivity contribution is 0.265. The standard InChI is InChI=1S/C16H23FN2.ClH/c1-2-13-4-3-5-15(17)14(13)10-19-9-7-16(12-19)6-8-18-11-16;/h3-5,18H,2,6-12H2,1H3;1H. The summed E-state index contributed by atoms with van der Waals surface area (Å²) in [7, 11) is 0. The highest BCUT2D eigenvalue weighted by Crippen LogP contribution is 2.36. The van der Waals surface area contributed by atoms with Crippen molar-refractivity contribution in [3.8, 4) is 0 Å². The van der Waals surface area contributed by atoms with E-state index < -0.39 is 0 Å². The minimum atomic E-state index is -0.0372. The summed E-state index contributed by atoms with van der Waals surface area (Å²) < 4.78 is 14.0. The van der Waals surface area contributed by atoms with E-state index in [1.807, 2.05) is 6.07 Å². The van der Waals surface area contributed by atoms with Crippen molar-refractivity contribution < 1.29 is 4.39 Å². The average molecular weight is 299 g/mol. The first-order chi connectivity index (χ1) is 9.22. The van der Waals surface area contributed by atoms with E-state index in [4.69, 9.17) is 0 Å². The Morgan fingerprint density at radius 1 is 1.35 bits per heavy atom. The molecule has 0 amide bonds. The highest BCUT2D eigenvalue weighted by Gasteiger charge is 2.40. The smallest absolute Gasteiger partial charge is 0.127 e. The van der Waals surface area contributed by atoms with Crippen LogP contribution in [0.4, 0.5) is 4.39 Å². The molecule has 0 saturated carbocycles. The van der Waals surface area contributed by atoms with Gasteiger partial charge in [-0.05, 0) is 49.4 Å². The monoisotopic (exact) mass is 298 g/mol. The Morgan fingerprint density at radius 2 is 2.20 bits per heavy atom. The molecule has 112 valence electrons. The van der Waals surface area contributed by atoms with Crippen molar-refractivity contribution in [2.45, 2.75) is 32.7 Å². The number of halogens is 2. The van der Waals surface area contributed by atoms with Crippen molar-refractivity contribution in [3.05, 3.63) is 35.1 Å². The van der Waals surface area contributed by atoms with Gasteiger partial charge in [0.1, 0.15) is 5.82 Å². The minimum absolute atomic E-state index is 0. The normalized spacial score (nSPS) is 26.1. The van der Waals surface area contributed by atoms with Crippen molar-refractivity contribution >= 4 is 12.4 Å². The fraction of sp³-hybridized carbons (Fsp3) is 0.625. The first-order valence-electron chi connectivity index (χ1n) is 7.42. The highest BCUT2D eigenvalue weighted by atomic mass is 35.5. The molecule has 1 spiro atoms. The average Bonchev–Trinajstić information content (AvgIpc) is 3.03. The molecule has 2 heterocycles. The summed E-state index contributed by atoms with van der Waals surface area (Å²) in [6.45, 7) is 7.40. The van der Waals surface area contributed by atoms with E-state index in [0.29, 0.717) is 5.41 Å². The van der Waals surface area contributed by atoms with Crippen molar-refractivity contribution in [2.75, 3.05) is 26.2 Å². The van der Waals surface area contributed by atoms with Crippen LogP contribution in [0.5, 0.6) is 0 Å². The van der Waals surface area contributed by atoms with Gasteiger partial charge in [-0.3, -0.25) is 4.90 Å². The number of hydrogen-bond donors (Lipinski definition) is 1. The Kier molecular flexibility index (Phi) is 5.05. The van der Waals surface area contributed by atoms with Crippen LogP contribution in [0.2, 0.25) is 0 Å². The Labute approximate surface area is 127 Å². The van der Waals surface area contributed by atoms with Crippen LogP contribution in [0.3, 0.4) is 0 Å². The van der Waals surface area contributed by atoms with Gasteiger partial charge in [0.15, 0.2) is 0 Å². The van der Waals surface area contributed by atoms with Gasteiger partial charge in [-0.25, -0.2) is 4.39 Å². The molecule has 1 N–H and O–H groups in total. The van der Waals surface area contributed by atoms with Gasteiger partial charge in [-0.1, -0.05) is 19.1 Å². The van der Waals surface area contributed by atoms with Crippen LogP contribution in [0.1, 0.15) is 30.9 Å². The summed E-state index contributed by atoms with van der Waals surface area (Å²) in [6.07, 6.45) is 3.45. The number of hydrogen-bond acceptors (Lipinski definition) is 2. The van der Waals surface area contributed by atoms with Gasteiger partial charge in [0.2, 0.25) is 0 Å². The first-order valence-corrected chi connectivity index (χ1v) is 7.42. The molecule has 1 atom stereocenters. The van der Waals surface area contributed by atoms with Crippen LogP contribution in [-0.2, 0) is 13.0 Å². The van der Waals surface area contributed by atoms with Gasteiger partial charge in [0.25, 0.3) is 0 Å². The molecule has 0 aliphatic carbocycles. The predicted molar refractivity (Wildman–Crippen MR) is 82.8 cm³/mol. The summed E-state index contributed by atoms with van der Waals surface area (Å²) in [5.41, 5.74) is 2.54. The van der Waals surface area contributed by atoms with E-state index in [-0.39, 0.29) is 18.2 Å². The van der Waals surface area contributed by atoms with E-state index >= 15 is 0 Å². The van der Waals surface area contributed by atoms with Gasteiger partial charge in [-0.15, -0.1) is 12.4 Å². The van der Waals surface area contributed by atoms with Crippen molar-refractivity contribution in [3.63, 3.8) is 0 Å². The number of aryl methyl sites for hydroxylation is 1. The fourth-order valence-corrected chi connectivity index (χ4v) is 3.64. The molecule has 2 nitrogen and oxygen atoms in total. The predicted octanol–water partition coefficient (Wildman–Crippen LogP) is 3.00. The lowest BCUT2D eigenvalue weighted by Gasteiger charge is -2.23.